The number of ether oxygens (including phenoxy) is 1. The number of carboxylic acid groups (broad SMARTS) is 1. The van der Waals surface area contributed by atoms with Gasteiger partial charge in [0, 0.05) is 5.88 Å². The Morgan fingerprint density at radius 2 is 2.05 bits per heavy atom. The summed E-state index contributed by atoms with van der Waals surface area (Å²) in [6, 6.07) is 1.96. The number of hydrogen-bond acceptors (Lipinski definition) is 2. The fourth-order valence-electron chi connectivity index (χ4n) is 1.45. The molecule has 1 unspecified atom stereocenters. The number of aliphatic carboxylic acids is 1. The molecule has 1 atom stereocenters. The summed E-state index contributed by atoms with van der Waals surface area (Å²) in [5.74, 6) is -2.93. The molecular weight excluding hydrogens is 304 g/mol. The normalized spacial score (nSPS) is 13.1. The maximum atomic E-state index is 13.1. The van der Waals surface area contributed by atoms with Gasteiger partial charge in [-0.15, -0.1) is 11.6 Å². The van der Waals surface area contributed by atoms with E-state index in [-0.39, 0.29) is 18.1 Å². The van der Waals surface area contributed by atoms with Crippen LogP contribution in [0.4, 0.5) is 17.6 Å². The third-order valence-corrected chi connectivity index (χ3v) is 2.66. The van der Waals surface area contributed by atoms with Crippen LogP contribution in [0.15, 0.2) is 18.2 Å². The van der Waals surface area contributed by atoms with E-state index in [9.17, 15) is 22.4 Å². The number of rotatable bonds is 6. The van der Waals surface area contributed by atoms with Gasteiger partial charge in [-0.05, 0) is 31.0 Å². The molecule has 0 aliphatic carbocycles. The van der Waals surface area contributed by atoms with Crippen LogP contribution in [0, 0.1) is 5.82 Å². The summed E-state index contributed by atoms with van der Waals surface area (Å²) in [5, 5.41) is 8.88. The highest BCUT2D eigenvalue weighted by Gasteiger charge is 2.34. The maximum Gasteiger partial charge on any atom is 0.419 e. The molecule has 0 saturated heterocycles. The largest absolute Gasteiger partial charge is 0.479 e. The lowest BCUT2D eigenvalue weighted by Gasteiger charge is -2.16. The Morgan fingerprint density at radius 3 is 2.55 bits per heavy atom. The molecule has 1 rings (SSSR count). The fourth-order valence-corrected chi connectivity index (χ4v) is 1.61. The van der Waals surface area contributed by atoms with Gasteiger partial charge in [-0.25, -0.2) is 9.18 Å². The van der Waals surface area contributed by atoms with Gasteiger partial charge in [0.1, 0.15) is 11.6 Å². The van der Waals surface area contributed by atoms with Gasteiger partial charge < -0.3 is 9.84 Å². The van der Waals surface area contributed by atoms with E-state index in [0.717, 1.165) is 6.07 Å². The highest BCUT2D eigenvalue weighted by atomic mass is 35.5. The monoisotopic (exact) mass is 314 g/mol. The predicted molar refractivity (Wildman–Crippen MR) is 63.4 cm³/mol. The average Bonchev–Trinajstić information content (AvgIpc) is 2.34. The predicted octanol–water partition coefficient (Wildman–Crippen LogP) is 3.70. The van der Waals surface area contributed by atoms with E-state index in [1.54, 1.807) is 0 Å². The first kappa shape index (κ1) is 16.6. The number of alkyl halides is 4. The Kier molecular flexibility index (Phi) is 5.62. The van der Waals surface area contributed by atoms with Gasteiger partial charge in [-0.1, -0.05) is 0 Å². The standard InChI is InChI=1S/C12H11ClF4O3/c13-5-1-2-10(11(18)19)20-7-3-4-9(14)8(6-7)12(15,16)17/h3-4,6,10H,1-2,5H2,(H,18,19). The quantitative estimate of drug-likeness (QED) is 0.643. The third-order valence-electron chi connectivity index (χ3n) is 2.40. The molecule has 8 heteroatoms. The summed E-state index contributed by atoms with van der Waals surface area (Å²) >= 11 is 5.41. The van der Waals surface area contributed by atoms with Gasteiger partial charge >= 0.3 is 12.1 Å². The number of benzene rings is 1. The first-order valence-corrected chi connectivity index (χ1v) is 6.11. The molecule has 1 aromatic rings. The number of carboxylic acids is 1. The molecule has 1 N–H and O–H groups in total. The molecule has 0 aliphatic heterocycles. The van der Waals surface area contributed by atoms with Crippen molar-refractivity contribution < 1.29 is 32.2 Å². The van der Waals surface area contributed by atoms with E-state index in [2.05, 4.69) is 0 Å². The van der Waals surface area contributed by atoms with Crippen LogP contribution in [0.1, 0.15) is 18.4 Å². The summed E-state index contributed by atoms with van der Waals surface area (Å²) in [5.41, 5.74) is -1.50. The van der Waals surface area contributed by atoms with Crippen molar-refractivity contribution in [1.82, 2.24) is 0 Å². The molecule has 0 aliphatic rings. The summed E-state index contributed by atoms with van der Waals surface area (Å²) in [7, 11) is 0. The maximum absolute atomic E-state index is 13.1. The Balaban J connectivity index is 2.94. The molecule has 0 bridgehead atoms. The molecule has 0 aromatic heterocycles. The van der Waals surface area contributed by atoms with Crippen LogP contribution in [-0.4, -0.2) is 23.1 Å². The first-order chi connectivity index (χ1) is 9.25. The van der Waals surface area contributed by atoms with Crippen molar-refractivity contribution >= 4 is 17.6 Å². The first-order valence-electron chi connectivity index (χ1n) is 5.58. The van der Waals surface area contributed by atoms with Crippen LogP contribution in [0.5, 0.6) is 5.75 Å². The smallest absolute Gasteiger partial charge is 0.419 e. The number of hydrogen-bond donors (Lipinski definition) is 1. The highest BCUT2D eigenvalue weighted by molar-refractivity contribution is 6.17. The van der Waals surface area contributed by atoms with Crippen molar-refractivity contribution in [3.63, 3.8) is 0 Å². The number of halogens is 5. The molecule has 112 valence electrons. The van der Waals surface area contributed by atoms with Gasteiger partial charge in [-0.2, -0.15) is 13.2 Å². The minimum atomic E-state index is -4.88. The molecule has 0 radical (unpaired) electrons. The van der Waals surface area contributed by atoms with Crippen molar-refractivity contribution in [2.45, 2.75) is 25.1 Å². The van der Waals surface area contributed by atoms with Gasteiger partial charge in [-0.3, -0.25) is 0 Å². The van der Waals surface area contributed by atoms with E-state index >= 15 is 0 Å². The van der Waals surface area contributed by atoms with Gasteiger partial charge in [0.15, 0.2) is 6.10 Å². The molecule has 0 heterocycles. The molecule has 0 spiro atoms. The molecule has 0 fully saturated rings. The van der Waals surface area contributed by atoms with Crippen LogP contribution in [-0.2, 0) is 11.0 Å². The van der Waals surface area contributed by atoms with Crippen molar-refractivity contribution in [2.75, 3.05) is 5.88 Å². The van der Waals surface area contributed by atoms with Crippen LogP contribution in [0.3, 0.4) is 0 Å². The lowest BCUT2D eigenvalue weighted by atomic mass is 10.1. The second-order valence-electron chi connectivity index (χ2n) is 3.92. The molecule has 0 saturated carbocycles. The fraction of sp³-hybridized carbons (Fsp3) is 0.417. The topological polar surface area (TPSA) is 46.5 Å². The molecule has 0 amide bonds. The minimum Gasteiger partial charge on any atom is -0.479 e. The van der Waals surface area contributed by atoms with Gasteiger partial charge in [0.2, 0.25) is 0 Å². The highest BCUT2D eigenvalue weighted by Crippen LogP contribution is 2.33. The molecular formula is C12H11ClF4O3. The zero-order chi connectivity index (χ0) is 15.3. The zero-order valence-corrected chi connectivity index (χ0v) is 10.8. The van der Waals surface area contributed by atoms with Crippen LogP contribution in [0.25, 0.3) is 0 Å². The SMILES string of the molecule is O=C(O)C(CCCCl)Oc1ccc(F)c(C(F)(F)F)c1. The lowest BCUT2D eigenvalue weighted by Crippen LogP contribution is -2.27. The summed E-state index contributed by atoms with van der Waals surface area (Å²) in [4.78, 5) is 10.9. The van der Waals surface area contributed by atoms with E-state index < -0.39 is 29.6 Å². The Labute approximate surface area is 117 Å². The second kappa shape index (κ2) is 6.78. The van der Waals surface area contributed by atoms with Gasteiger partial charge in [0.05, 0.1) is 5.56 Å². The summed E-state index contributed by atoms with van der Waals surface area (Å²) in [6.45, 7) is 0. The van der Waals surface area contributed by atoms with Crippen LogP contribution < -0.4 is 4.74 Å². The van der Waals surface area contributed by atoms with Gasteiger partial charge in [0.25, 0.3) is 0 Å². The van der Waals surface area contributed by atoms with E-state index in [0.29, 0.717) is 18.6 Å². The van der Waals surface area contributed by atoms with Crippen molar-refractivity contribution in [3.8, 4) is 5.75 Å². The summed E-state index contributed by atoms with van der Waals surface area (Å²) in [6.07, 6.45) is -5.85. The Hall–Kier alpha value is -1.50. The Morgan fingerprint density at radius 1 is 1.40 bits per heavy atom. The van der Waals surface area contributed by atoms with E-state index in [1.807, 2.05) is 0 Å². The Bertz CT molecular complexity index is 476. The summed E-state index contributed by atoms with van der Waals surface area (Å²) < 4.78 is 55.5. The zero-order valence-electron chi connectivity index (χ0n) is 10.1. The van der Waals surface area contributed by atoms with Crippen molar-refractivity contribution in [2.24, 2.45) is 0 Å². The van der Waals surface area contributed by atoms with Crippen molar-refractivity contribution in [3.05, 3.63) is 29.6 Å². The molecule has 3 nitrogen and oxygen atoms in total. The third kappa shape index (κ3) is 4.56. The molecule has 1 aromatic carbocycles. The second-order valence-corrected chi connectivity index (χ2v) is 4.29. The average molecular weight is 315 g/mol. The molecule has 20 heavy (non-hydrogen) atoms. The lowest BCUT2D eigenvalue weighted by molar-refractivity contribution is -0.145. The number of carbonyl (C=O) groups is 1. The van der Waals surface area contributed by atoms with Crippen LogP contribution >= 0.6 is 11.6 Å². The van der Waals surface area contributed by atoms with Crippen molar-refractivity contribution in [1.29, 1.82) is 0 Å². The van der Waals surface area contributed by atoms with Crippen LogP contribution in [0.2, 0.25) is 0 Å². The van der Waals surface area contributed by atoms with E-state index in [4.69, 9.17) is 21.4 Å². The van der Waals surface area contributed by atoms with E-state index in [1.165, 1.54) is 0 Å². The minimum absolute atomic E-state index is 0.0392.